The van der Waals surface area contributed by atoms with Crippen LogP contribution < -0.4 is 10.6 Å². The highest BCUT2D eigenvalue weighted by Crippen LogP contribution is 2.35. The van der Waals surface area contributed by atoms with Crippen LogP contribution in [0, 0.1) is 30.9 Å². The van der Waals surface area contributed by atoms with Crippen molar-refractivity contribution in [3.8, 4) is 0 Å². The first-order chi connectivity index (χ1) is 15.2. The lowest BCUT2D eigenvalue weighted by molar-refractivity contribution is -0.387. The van der Waals surface area contributed by atoms with Gasteiger partial charge < -0.3 is 10.6 Å². The van der Waals surface area contributed by atoms with E-state index >= 15 is 0 Å². The number of hydrogen-bond donors (Lipinski definition) is 2. The fraction of sp³-hybridized carbons (Fsp3) is 0.167. The largest absolute Gasteiger partial charge is 0.343 e. The monoisotopic (exact) mass is 449 g/mol. The molecule has 0 spiro atoms. The molecule has 7 nitrogen and oxygen atoms in total. The van der Waals surface area contributed by atoms with E-state index in [1.165, 1.54) is 23.9 Å². The first-order valence-electron chi connectivity index (χ1n) is 9.92. The van der Waals surface area contributed by atoms with Gasteiger partial charge in [-0.3, -0.25) is 19.7 Å². The van der Waals surface area contributed by atoms with Gasteiger partial charge in [0.05, 0.1) is 16.4 Å². The molecule has 8 heteroatoms. The van der Waals surface area contributed by atoms with E-state index in [0.29, 0.717) is 10.6 Å². The predicted molar refractivity (Wildman–Crippen MR) is 125 cm³/mol. The number of nitro groups is 1. The summed E-state index contributed by atoms with van der Waals surface area (Å²) in [6.07, 6.45) is 0. The molecule has 3 aromatic carbocycles. The lowest BCUT2D eigenvalue weighted by atomic mass is 10.1. The molecule has 0 aromatic heterocycles. The summed E-state index contributed by atoms with van der Waals surface area (Å²) in [4.78, 5) is 37.1. The van der Waals surface area contributed by atoms with Gasteiger partial charge in [-0.25, -0.2) is 0 Å². The fourth-order valence-corrected chi connectivity index (χ4v) is 4.25. The van der Waals surface area contributed by atoms with E-state index in [1.54, 1.807) is 6.07 Å². The quantitative estimate of drug-likeness (QED) is 0.389. The van der Waals surface area contributed by atoms with Crippen molar-refractivity contribution in [3.63, 3.8) is 0 Å². The van der Waals surface area contributed by atoms with Crippen molar-refractivity contribution < 1.29 is 14.5 Å². The molecule has 0 heterocycles. The standard InChI is InChI=1S/C24H23N3O4S/c1-15-11-16(2)23(17(3)12-15)26-22(28)14-25-24(29)18-9-10-21(20(13-18)27(30)31)32-19-7-5-4-6-8-19/h4-13H,14H2,1-3H3,(H,25,29)(H,26,28). The van der Waals surface area contributed by atoms with Crippen molar-refractivity contribution in [3.05, 3.63) is 93.0 Å². The van der Waals surface area contributed by atoms with Gasteiger partial charge in [-0.2, -0.15) is 0 Å². The second-order valence-electron chi connectivity index (χ2n) is 7.36. The number of nitrogens with zero attached hydrogens (tertiary/aromatic N) is 1. The number of hydrogen-bond acceptors (Lipinski definition) is 5. The van der Waals surface area contributed by atoms with Crippen LogP contribution in [-0.4, -0.2) is 23.3 Å². The number of nitrogens with one attached hydrogen (secondary N) is 2. The number of carbonyl (C=O) groups excluding carboxylic acids is 2. The summed E-state index contributed by atoms with van der Waals surface area (Å²) in [5, 5.41) is 16.9. The van der Waals surface area contributed by atoms with Crippen molar-refractivity contribution in [2.24, 2.45) is 0 Å². The molecule has 3 aromatic rings. The molecular formula is C24H23N3O4S. The third-order valence-electron chi connectivity index (χ3n) is 4.74. The Morgan fingerprint density at radius 3 is 2.25 bits per heavy atom. The van der Waals surface area contributed by atoms with Gasteiger partial charge in [-0.05, 0) is 56.2 Å². The third kappa shape index (κ3) is 5.73. The van der Waals surface area contributed by atoms with Gasteiger partial charge in [0.15, 0.2) is 0 Å². The molecule has 2 N–H and O–H groups in total. The van der Waals surface area contributed by atoms with E-state index < -0.39 is 10.8 Å². The summed E-state index contributed by atoms with van der Waals surface area (Å²) >= 11 is 1.25. The molecule has 0 atom stereocenters. The molecule has 0 aliphatic rings. The van der Waals surface area contributed by atoms with E-state index in [1.807, 2.05) is 63.2 Å². The highest BCUT2D eigenvalue weighted by Gasteiger charge is 2.19. The Balaban J connectivity index is 1.68. The Bertz CT molecular complexity index is 1160. The summed E-state index contributed by atoms with van der Waals surface area (Å²) in [7, 11) is 0. The van der Waals surface area contributed by atoms with Crippen LogP contribution in [-0.2, 0) is 4.79 Å². The maximum absolute atomic E-state index is 12.5. The van der Waals surface area contributed by atoms with E-state index in [-0.39, 0.29) is 23.7 Å². The first kappa shape index (κ1) is 23.0. The van der Waals surface area contributed by atoms with E-state index in [2.05, 4.69) is 10.6 Å². The maximum Gasteiger partial charge on any atom is 0.284 e. The minimum atomic E-state index is -0.558. The topological polar surface area (TPSA) is 101 Å². The van der Waals surface area contributed by atoms with Crippen LogP contribution in [0.25, 0.3) is 0 Å². The number of anilines is 1. The Kier molecular flexibility index (Phi) is 7.27. The van der Waals surface area contributed by atoms with Gasteiger partial charge in [-0.15, -0.1) is 0 Å². The SMILES string of the molecule is Cc1cc(C)c(NC(=O)CNC(=O)c2ccc(Sc3ccccc3)c([N+](=O)[O-])c2)c(C)c1. The van der Waals surface area contributed by atoms with Gasteiger partial charge in [-0.1, -0.05) is 47.7 Å². The number of carbonyl (C=O) groups is 2. The van der Waals surface area contributed by atoms with Gasteiger partial charge in [0, 0.05) is 22.2 Å². The molecule has 0 saturated heterocycles. The summed E-state index contributed by atoms with van der Waals surface area (Å²) in [6.45, 7) is 5.54. The van der Waals surface area contributed by atoms with Crippen LogP contribution in [0.2, 0.25) is 0 Å². The molecule has 3 rings (SSSR count). The molecule has 0 saturated carbocycles. The fourth-order valence-electron chi connectivity index (χ4n) is 3.33. The lowest BCUT2D eigenvalue weighted by Crippen LogP contribution is -2.33. The summed E-state index contributed by atoms with van der Waals surface area (Å²) < 4.78 is 0. The van der Waals surface area contributed by atoms with Crippen molar-refractivity contribution in [2.45, 2.75) is 30.6 Å². The zero-order valence-electron chi connectivity index (χ0n) is 18.0. The molecule has 164 valence electrons. The van der Waals surface area contributed by atoms with E-state index in [0.717, 1.165) is 21.6 Å². The van der Waals surface area contributed by atoms with Crippen LogP contribution in [0.15, 0.2) is 70.5 Å². The van der Waals surface area contributed by atoms with E-state index in [9.17, 15) is 19.7 Å². The van der Waals surface area contributed by atoms with Crippen LogP contribution in [0.4, 0.5) is 11.4 Å². The average Bonchev–Trinajstić information content (AvgIpc) is 2.75. The molecule has 0 fully saturated rings. The lowest BCUT2D eigenvalue weighted by Gasteiger charge is -2.13. The molecule has 32 heavy (non-hydrogen) atoms. The Morgan fingerprint density at radius 1 is 0.969 bits per heavy atom. The molecular weight excluding hydrogens is 426 g/mol. The van der Waals surface area contributed by atoms with Crippen molar-refractivity contribution in [1.29, 1.82) is 0 Å². The third-order valence-corrected chi connectivity index (χ3v) is 5.81. The van der Waals surface area contributed by atoms with Gasteiger partial charge >= 0.3 is 0 Å². The smallest absolute Gasteiger partial charge is 0.284 e. The van der Waals surface area contributed by atoms with Gasteiger partial charge in [0.25, 0.3) is 11.6 Å². The Hall–Kier alpha value is -3.65. The summed E-state index contributed by atoms with van der Waals surface area (Å²) in [5.41, 5.74) is 3.63. The number of amides is 2. The first-order valence-corrected chi connectivity index (χ1v) is 10.7. The highest BCUT2D eigenvalue weighted by molar-refractivity contribution is 7.99. The number of rotatable bonds is 7. The van der Waals surface area contributed by atoms with Gasteiger partial charge in [0.2, 0.25) is 5.91 Å². The van der Waals surface area contributed by atoms with E-state index in [4.69, 9.17) is 0 Å². The number of benzene rings is 3. The predicted octanol–water partition coefficient (Wildman–Crippen LogP) is 5.04. The molecule has 0 aliphatic carbocycles. The van der Waals surface area contributed by atoms with Crippen molar-refractivity contribution in [1.82, 2.24) is 5.32 Å². The van der Waals surface area contributed by atoms with Crippen molar-refractivity contribution in [2.75, 3.05) is 11.9 Å². The summed E-state index contributed by atoms with van der Waals surface area (Å²) in [5.74, 6) is -0.934. The molecule has 0 radical (unpaired) electrons. The molecule has 2 amide bonds. The van der Waals surface area contributed by atoms with Crippen LogP contribution in [0.5, 0.6) is 0 Å². The molecule has 0 aliphatic heterocycles. The highest BCUT2D eigenvalue weighted by atomic mass is 32.2. The van der Waals surface area contributed by atoms with Crippen molar-refractivity contribution >= 4 is 35.0 Å². The Morgan fingerprint density at radius 2 is 1.62 bits per heavy atom. The van der Waals surface area contributed by atoms with Crippen LogP contribution in [0.1, 0.15) is 27.0 Å². The zero-order chi connectivity index (χ0) is 23.3. The van der Waals surface area contributed by atoms with Crippen LogP contribution in [0.3, 0.4) is 0 Å². The number of aryl methyl sites for hydroxylation is 3. The number of nitro benzene ring substituents is 1. The molecule has 0 unspecified atom stereocenters. The average molecular weight is 450 g/mol. The zero-order valence-corrected chi connectivity index (χ0v) is 18.8. The summed E-state index contributed by atoms with van der Waals surface area (Å²) in [6, 6.07) is 17.5. The minimum absolute atomic E-state index is 0.115. The maximum atomic E-state index is 12.5. The second kappa shape index (κ2) is 10.1. The van der Waals surface area contributed by atoms with Gasteiger partial charge in [0.1, 0.15) is 0 Å². The normalized spacial score (nSPS) is 10.5. The second-order valence-corrected chi connectivity index (χ2v) is 8.47. The minimum Gasteiger partial charge on any atom is -0.343 e. The Labute approximate surface area is 190 Å². The van der Waals surface area contributed by atoms with Crippen LogP contribution >= 0.6 is 11.8 Å². The molecule has 0 bridgehead atoms.